The summed E-state index contributed by atoms with van der Waals surface area (Å²) in [4.78, 5) is 35.5. The van der Waals surface area contributed by atoms with Crippen molar-refractivity contribution in [1.82, 2.24) is 0 Å². The van der Waals surface area contributed by atoms with E-state index in [1.807, 2.05) is 33.3 Å². The number of hydrogen-bond donors (Lipinski definition) is 2. The van der Waals surface area contributed by atoms with E-state index in [0.29, 0.717) is 30.3 Å². The quantitative estimate of drug-likeness (QED) is 0.0172. The number of esters is 2. The molecule has 1 heterocycles. The van der Waals surface area contributed by atoms with Crippen LogP contribution in [0.3, 0.4) is 0 Å². The SMILES string of the molecule is CC/C=C\C/C=C\C/C=C\C/C=C\C=C\C(O)CCCC(=O)O[C@H](COC(=O)CCCCCCCCc1oc(CCC)c(C)c1C)COP(=O)(O)OCC[N+](C)(C)C. The van der Waals surface area contributed by atoms with Crippen molar-refractivity contribution >= 4 is 19.8 Å². The van der Waals surface area contributed by atoms with Crippen molar-refractivity contribution in [2.24, 2.45) is 0 Å². The highest BCUT2D eigenvalue weighted by Crippen LogP contribution is 2.43. The van der Waals surface area contributed by atoms with Gasteiger partial charge in [0.25, 0.3) is 0 Å². The molecule has 1 aromatic rings. The third-order valence-corrected chi connectivity index (χ3v) is 10.3. The van der Waals surface area contributed by atoms with Gasteiger partial charge in [0.15, 0.2) is 6.10 Å². The molecule has 2 unspecified atom stereocenters. The molecule has 12 heteroatoms. The first kappa shape index (κ1) is 53.0. The van der Waals surface area contributed by atoms with E-state index in [2.05, 4.69) is 64.2 Å². The number of likely N-dealkylation sites (N-methyl/N-ethyl adjacent to an activating group) is 1. The molecule has 0 saturated carbocycles. The van der Waals surface area contributed by atoms with Crippen LogP contribution in [0, 0.1) is 13.8 Å². The maximum Gasteiger partial charge on any atom is 0.472 e. The molecule has 0 spiro atoms. The average Bonchev–Trinajstić information content (AvgIpc) is 3.42. The second-order valence-electron chi connectivity index (χ2n) is 15.8. The van der Waals surface area contributed by atoms with Gasteiger partial charge in [-0.3, -0.25) is 18.6 Å². The van der Waals surface area contributed by atoms with E-state index < -0.39 is 38.6 Å². The first-order valence-corrected chi connectivity index (χ1v) is 23.0. The lowest BCUT2D eigenvalue weighted by Crippen LogP contribution is -2.37. The highest BCUT2D eigenvalue weighted by atomic mass is 31.2. The van der Waals surface area contributed by atoms with Crippen molar-refractivity contribution in [3.8, 4) is 0 Å². The largest absolute Gasteiger partial charge is 0.472 e. The van der Waals surface area contributed by atoms with E-state index in [0.717, 1.165) is 88.6 Å². The molecule has 1 aromatic heterocycles. The molecule has 0 aromatic carbocycles. The fraction of sp³-hybridized carbons (Fsp3) is 0.652. The molecule has 330 valence electrons. The van der Waals surface area contributed by atoms with E-state index in [4.69, 9.17) is 22.9 Å². The lowest BCUT2D eigenvalue weighted by molar-refractivity contribution is -0.870. The van der Waals surface area contributed by atoms with E-state index in [-0.39, 0.29) is 26.1 Å². The van der Waals surface area contributed by atoms with Gasteiger partial charge in [-0.2, -0.15) is 0 Å². The van der Waals surface area contributed by atoms with Gasteiger partial charge >= 0.3 is 19.8 Å². The highest BCUT2D eigenvalue weighted by Gasteiger charge is 2.27. The lowest BCUT2D eigenvalue weighted by atomic mass is 10.0. The van der Waals surface area contributed by atoms with Crippen LogP contribution in [-0.4, -0.2) is 86.1 Å². The van der Waals surface area contributed by atoms with Gasteiger partial charge < -0.3 is 28.4 Å². The predicted molar refractivity (Wildman–Crippen MR) is 233 cm³/mol. The van der Waals surface area contributed by atoms with E-state index in [1.54, 1.807) is 12.2 Å². The van der Waals surface area contributed by atoms with Crippen LogP contribution in [0.25, 0.3) is 0 Å². The minimum absolute atomic E-state index is 0.00322. The normalized spacial score (nSPS) is 14.7. The van der Waals surface area contributed by atoms with Gasteiger partial charge in [-0.25, -0.2) is 4.57 Å². The molecule has 0 aliphatic rings. The number of quaternary nitrogens is 1. The number of aliphatic hydroxyl groups excluding tert-OH is 1. The Labute approximate surface area is 350 Å². The summed E-state index contributed by atoms with van der Waals surface area (Å²) in [7, 11) is 1.32. The maximum absolute atomic E-state index is 12.7. The second kappa shape index (κ2) is 31.8. The number of aliphatic hydroxyl groups is 1. The number of phosphoric acid groups is 1. The summed E-state index contributed by atoms with van der Waals surface area (Å²) >= 11 is 0. The zero-order valence-electron chi connectivity index (χ0n) is 36.8. The Hall–Kier alpha value is -3.05. The van der Waals surface area contributed by atoms with Crippen LogP contribution in [0.1, 0.15) is 133 Å². The Morgan fingerprint density at radius 1 is 0.741 bits per heavy atom. The first-order valence-electron chi connectivity index (χ1n) is 21.5. The third-order valence-electron chi connectivity index (χ3n) is 9.34. The topological polar surface area (TPSA) is 142 Å². The number of hydrogen-bond acceptors (Lipinski definition) is 9. The molecule has 0 saturated heterocycles. The Morgan fingerprint density at radius 2 is 1.33 bits per heavy atom. The van der Waals surface area contributed by atoms with Gasteiger partial charge in [0.05, 0.1) is 33.9 Å². The fourth-order valence-corrected chi connectivity index (χ4v) is 6.48. The minimum atomic E-state index is -4.45. The highest BCUT2D eigenvalue weighted by molar-refractivity contribution is 7.47. The molecule has 0 bridgehead atoms. The van der Waals surface area contributed by atoms with Crippen LogP contribution < -0.4 is 0 Å². The maximum atomic E-state index is 12.7. The summed E-state index contributed by atoms with van der Waals surface area (Å²) in [5, 5.41) is 10.3. The molecule has 0 amide bonds. The lowest BCUT2D eigenvalue weighted by Gasteiger charge is -2.24. The Kier molecular flexibility index (Phi) is 29.1. The molecular weight excluding hydrogens is 757 g/mol. The number of unbranched alkanes of at least 4 members (excludes halogenated alkanes) is 5. The zero-order valence-corrected chi connectivity index (χ0v) is 37.7. The smallest absolute Gasteiger partial charge is 0.466 e. The minimum Gasteiger partial charge on any atom is -0.466 e. The van der Waals surface area contributed by atoms with Crippen molar-refractivity contribution in [3.05, 3.63) is 83.4 Å². The average molecular weight is 835 g/mol. The van der Waals surface area contributed by atoms with Crippen LogP contribution in [0.5, 0.6) is 0 Å². The number of nitrogens with zero attached hydrogens (tertiary/aromatic N) is 1. The number of rotatable bonds is 34. The summed E-state index contributed by atoms with van der Waals surface area (Å²) in [6.45, 7) is 8.20. The molecule has 0 aliphatic carbocycles. The van der Waals surface area contributed by atoms with Gasteiger partial charge in [0, 0.05) is 25.7 Å². The van der Waals surface area contributed by atoms with Gasteiger partial charge in [-0.05, 0) is 82.8 Å². The van der Waals surface area contributed by atoms with Crippen LogP contribution in [0.4, 0.5) is 0 Å². The summed E-state index contributed by atoms with van der Waals surface area (Å²) in [6, 6.07) is 0. The van der Waals surface area contributed by atoms with Crippen molar-refractivity contribution in [3.63, 3.8) is 0 Å². The van der Waals surface area contributed by atoms with Crippen molar-refractivity contribution in [2.45, 2.75) is 149 Å². The van der Waals surface area contributed by atoms with Gasteiger partial charge in [-0.1, -0.05) is 100 Å². The van der Waals surface area contributed by atoms with Crippen LogP contribution in [0.15, 0.2) is 65.2 Å². The van der Waals surface area contributed by atoms with E-state index >= 15 is 0 Å². The zero-order chi connectivity index (χ0) is 43.1. The molecule has 1 rings (SSSR count). The number of allylic oxidation sites excluding steroid dienone is 9. The first-order chi connectivity index (χ1) is 27.7. The molecule has 3 atom stereocenters. The van der Waals surface area contributed by atoms with Crippen LogP contribution >= 0.6 is 7.82 Å². The Balaban J connectivity index is 2.47. The standard InChI is InChI=1S/C46H76NO10P/c1-8-10-11-12-13-14-15-16-17-18-19-22-25-30-41(48)31-28-34-46(50)56-42(38-55-58(51,52)54-36-35-47(5,6)7)37-53-45(49)33-27-24-21-20-23-26-32-44-40(4)39(3)43(57-44)29-9-2/h10-11,13-14,16-17,19,22,25,30,41-42,48H,8-9,12,15,18,20-21,23-24,26-29,31-38H2,1-7H3/p+1/b11-10-,14-13-,17-16-,22-19-,30-25+/t41?,42-/m1/s1. The predicted octanol–water partition coefficient (Wildman–Crippen LogP) is 10.3. The number of furan rings is 1. The third kappa shape index (κ3) is 28.4. The molecule has 2 N–H and O–H groups in total. The number of phosphoric ester groups is 1. The molecule has 0 radical (unpaired) electrons. The molecule has 58 heavy (non-hydrogen) atoms. The van der Waals surface area contributed by atoms with Crippen LogP contribution in [0.2, 0.25) is 0 Å². The summed E-state index contributed by atoms with van der Waals surface area (Å²) in [5.74, 6) is 1.17. The van der Waals surface area contributed by atoms with Crippen molar-refractivity contribution in [1.29, 1.82) is 0 Å². The van der Waals surface area contributed by atoms with E-state index in [9.17, 15) is 24.2 Å². The molecule has 11 nitrogen and oxygen atoms in total. The van der Waals surface area contributed by atoms with E-state index in [1.165, 1.54) is 11.1 Å². The van der Waals surface area contributed by atoms with Gasteiger partial charge in [-0.15, -0.1) is 0 Å². The Morgan fingerprint density at radius 3 is 1.97 bits per heavy atom. The number of ether oxygens (including phenoxy) is 2. The number of carbonyl (C=O) groups excluding carboxylic acids is 2. The fourth-order valence-electron chi connectivity index (χ4n) is 5.73. The summed E-state index contributed by atoms with van der Waals surface area (Å²) < 4.78 is 40.2. The molecule has 0 fully saturated rings. The molecular formula is C46H77NO10P+. The van der Waals surface area contributed by atoms with Crippen LogP contribution in [-0.2, 0) is 45.5 Å². The summed E-state index contributed by atoms with van der Waals surface area (Å²) in [5.41, 5.74) is 2.56. The number of carbonyl (C=O) groups is 2. The second-order valence-corrected chi connectivity index (χ2v) is 17.2. The molecule has 0 aliphatic heterocycles. The van der Waals surface area contributed by atoms with Gasteiger partial charge in [0.2, 0.25) is 0 Å². The van der Waals surface area contributed by atoms with Crippen molar-refractivity contribution in [2.75, 3.05) is 47.5 Å². The Bertz CT molecular complexity index is 1470. The van der Waals surface area contributed by atoms with Gasteiger partial charge in [0.1, 0.15) is 31.3 Å². The van der Waals surface area contributed by atoms with Crippen molar-refractivity contribution < 1.29 is 51.6 Å². The summed E-state index contributed by atoms with van der Waals surface area (Å²) in [6.07, 6.45) is 31.7. The monoisotopic (exact) mass is 835 g/mol. The number of aryl methyl sites for hydroxylation is 2.